The van der Waals surface area contributed by atoms with Crippen LogP contribution in [-0.2, 0) is 0 Å². The van der Waals surface area contributed by atoms with Gasteiger partial charge in [-0.3, -0.25) is 0 Å². The van der Waals surface area contributed by atoms with Crippen LogP contribution in [0.15, 0.2) is 53.6 Å². The largest absolute Gasteiger partial charge is 0.120 e. The van der Waals surface area contributed by atoms with Gasteiger partial charge in [0.05, 0.1) is 0 Å². The van der Waals surface area contributed by atoms with Crippen molar-refractivity contribution in [3.8, 4) is 0 Å². The summed E-state index contributed by atoms with van der Waals surface area (Å²) in [6, 6.07) is 0. The molecule has 0 aromatic rings. The summed E-state index contributed by atoms with van der Waals surface area (Å²) < 4.78 is 0. The molecule has 0 spiro atoms. The summed E-state index contributed by atoms with van der Waals surface area (Å²) in [6.07, 6.45) is 0.897. The van der Waals surface area contributed by atoms with E-state index in [9.17, 15) is 0 Å². The van der Waals surface area contributed by atoms with Gasteiger partial charge in [-0.05, 0) is 25.5 Å². The first-order valence-electron chi connectivity index (χ1n) is 3.87. The minimum absolute atomic E-state index is 0.897. The molecule has 12 heavy (non-hydrogen) atoms. The van der Waals surface area contributed by atoms with E-state index in [-0.39, 0.29) is 0 Å². The smallest absolute Gasteiger partial charge is 0.0297 e. The summed E-state index contributed by atoms with van der Waals surface area (Å²) in [5.74, 6) is 0. The second-order valence-electron chi connectivity index (χ2n) is 2.44. The monoisotopic (exact) mass is 158 g/mol. The van der Waals surface area contributed by atoms with Gasteiger partial charge in [-0.15, -0.1) is 5.73 Å². The van der Waals surface area contributed by atoms with Crippen LogP contribution in [0, 0.1) is 0 Å². The quantitative estimate of drug-likeness (QED) is 0.435. The molecule has 0 rings (SSSR count). The lowest BCUT2D eigenvalue weighted by molar-refractivity contribution is 1.12. The van der Waals surface area contributed by atoms with Crippen molar-refractivity contribution in [3.63, 3.8) is 0 Å². The van der Waals surface area contributed by atoms with Gasteiger partial charge < -0.3 is 0 Å². The average Bonchev–Trinajstić information content (AvgIpc) is 2.06. The predicted molar refractivity (Wildman–Crippen MR) is 53.9 cm³/mol. The summed E-state index contributed by atoms with van der Waals surface area (Å²) in [4.78, 5) is 0. The molecule has 0 fully saturated rings. The molecule has 0 aliphatic rings. The molecule has 0 amide bonds. The topological polar surface area (TPSA) is 0 Å². The number of rotatable bonds is 3. The summed E-state index contributed by atoms with van der Waals surface area (Å²) in [5, 5.41) is 0. The van der Waals surface area contributed by atoms with Crippen LogP contribution < -0.4 is 0 Å². The van der Waals surface area contributed by atoms with Crippen LogP contribution in [0.4, 0.5) is 0 Å². The maximum atomic E-state index is 3.90. The average molecular weight is 158 g/mol. The minimum atomic E-state index is 0.897. The normalized spacial score (nSPS) is 7.50. The van der Waals surface area contributed by atoms with E-state index in [4.69, 9.17) is 0 Å². The Kier molecular flexibility index (Phi) is 4.61. The highest BCUT2D eigenvalue weighted by atomic mass is 14.0. The summed E-state index contributed by atoms with van der Waals surface area (Å²) in [7, 11) is 0. The van der Waals surface area contributed by atoms with Crippen molar-refractivity contribution >= 4 is 0 Å². The van der Waals surface area contributed by atoms with Crippen molar-refractivity contribution in [1.82, 2.24) is 0 Å². The minimum Gasteiger partial charge on any atom is -0.120 e. The molecule has 0 bridgehead atoms. The molecular formula is C12H14. The molecule has 0 heteroatoms. The van der Waals surface area contributed by atoms with Crippen LogP contribution in [0.1, 0.15) is 20.3 Å². The molecule has 0 atom stereocenters. The van der Waals surface area contributed by atoms with Crippen molar-refractivity contribution in [2.75, 3.05) is 0 Å². The summed E-state index contributed by atoms with van der Waals surface area (Å²) in [5.41, 5.74) is 11.2. The van der Waals surface area contributed by atoms with Crippen molar-refractivity contribution in [2.24, 2.45) is 0 Å². The maximum Gasteiger partial charge on any atom is 0.0297 e. The molecule has 0 saturated heterocycles. The van der Waals surface area contributed by atoms with E-state index in [2.05, 4.69) is 36.9 Å². The highest BCUT2D eigenvalue weighted by molar-refractivity contribution is 5.42. The first-order valence-corrected chi connectivity index (χ1v) is 3.87. The molecule has 0 aromatic heterocycles. The van der Waals surface area contributed by atoms with Crippen LogP contribution in [0.25, 0.3) is 0 Å². The van der Waals surface area contributed by atoms with Gasteiger partial charge in [0.25, 0.3) is 0 Å². The summed E-state index contributed by atoms with van der Waals surface area (Å²) in [6.45, 7) is 14.9. The van der Waals surface area contributed by atoms with Gasteiger partial charge in [0.1, 0.15) is 0 Å². The fraction of sp³-hybridized carbons (Fsp3) is 0.250. The molecule has 0 saturated carbocycles. The van der Waals surface area contributed by atoms with Crippen molar-refractivity contribution in [2.45, 2.75) is 20.3 Å². The van der Waals surface area contributed by atoms with Gasteiger partial charge in [0, 0.05) is 11.1 Å². The fourth-order valence-corrected chi connectivity index (χ4v) is 0.895. The Bertz CT molecular complexity index is 310. The molecule has 0 aromatic carbocycles. The van der Waals surface area contributed by atoms with Crippen molar-refractivity contribution < 1.29 is 0 Å². The maximum absolute atomic E-state index is 3.90. The van der Waals surface area contributed by atoms with E-state index in [0.29, 0.717) is 0 Å². The summed E-state index contributed by atoms with van der Waals surface area (Å²) >= 11 is 0. The third kappa shape index (κ3) is 2.66. The van der Waals surface area contributed by atoms with E-state index in [1.54, 1.807) is 0 Å². The van der Waals surface area contributed by atoms with Crippen LogP contribution in [0.3, 0.4) is 0 Å². The third-order valence-corrected chi connectivity index (χ3v) is 1.61. The zero-order chi connectivity index (χ0) is 9.56. The Hall–Kier alpha value is -1.44. The highest BCUT2D eigenvalue weighted by Crippen LogP contribution is 2.17. The first-order chi connectivity index (χ1) is 5.67. The Morgan fingerprint density at radius 3 is 2.25 bits per heavy atom. The van der Waals surface area contributed by atoms with Crippen molar-refractivity contribution in [1.29, 1.82) is 0 Å². The van der Waals surface area contributed by atoms with Crippen LogP contribution in [0.2, 0.25) is 0 Å². The molecule has 0 heterocycles. The predicted octanol–water partition coefficient (Wildman–Crippen LogP) is 3.55. The van der Waals surface area contributed by atoms with Gasteiger partial charge >= 0.3 is 0 Å². The molecule has 0 N–H and O–H groups in total. The number of allylic oxidation sites excluding steroid dienone is 3. The second kappa shape index (κ2) is 5.24. The standard InChI is InChI=1S/C12H14/c1-6-9-11(5)12(8-3)10(4)7-2/h1,3-4,7H2,2,5H3. The molecule has 0 nitrogen and oxygen atoms in total. The van der Waals surface area contributed by atoms with Crippen molar-refractivity contribution in [3.05, 3.63) is 53.6 Å². The number of hydrogen-bond donors (Lipinski definition) is 0. The third-order valence-electron chi connectivity index (χ3n) is 1.61. The lowest BCUT2D eigenvalue weighted by Crippen LogP contribution is -1.86. The molecule has 0 aliphatic heterocycles. The van der Waals surface area contributed by atoms with Crippen LogP contribution >= 0.6 is 0 Å². The van der Waals surface area contributed by atoms with E-state index >= 15 is 0 Å². The zero-order valence-electron chi connectivity index (χ0n) is 7.83. The van der Waals surface area contributed by atoms with Gasteiger partial charge in [0.15, 0.2) is 0 Å². The van der Waals surface area contributed by atoms with Crippen LogP contribution in [0.5, 0.6) is 0 Å². The molecule has 0 aliphatic carbocycles. The second-order valence-corrected chi connectivity index (χ2v) is 2.44. The number of hydrogen-bond acceptors (Lipinski definition) is 0. The lowest BCUT2D eigenvalue weighted by Gasteiger charge is -2.03. The van der Waals surface area contributed by atoms with Crippen LogP contribution in [-0.4, -0.2) is 0 Å². The molecular weight excluding hydrogens is 144 g/mol. The zero-order valence-corrected chi connectivity index (χ0v) is 7.83. The Morgan fingerprint density at radius 1 is 1.33 bits per heavy atom. The molecule has 62 valence electrons. The molecule has 0 radical (unpaired) electrons. The van der Waals surface area contributed by atoms with E-state index < -0.39 is 0 Å². The Morgan fingerprint density at radius 2 is 1.92 bits per heavy atom. The Labute approximate surface area is 74.6 Å². The van der Waals surface area contributed by atoms with E-state index in [0.717, 1.165) is 23.1 Å². The lowest BCUT2D eigenvalue weighted by atomic mass is 10.0. The highest BCUT2D eigenvalue weighted by Gasteiger charge is 2.00. The fourth-order valence-electron chi connectivity index (χ4n) is 0.895. The van der Waals surface area contributed by atoms with Gasteiger partial charge in [-0.25, -0.2) is 0 Å². The Balaban J connectivity index is 5.11. The van der Waals surface area contributed by atoms with E-state index in [1.807, 2.05) is 13.8 Å². The SMILES string of the molecule is C=C=C=C(C)C(=C=C)C(=C)CC. The molecule has 0 unspecified atom stereocenters. The van der Waals surface area contributed by atoms with Gasteiger partial charge in [0.2, 0.25) is 0 Å². The first kappa shape index (κ1) is 10.6. The van der Waals surface area contributed by atoms with Gasteiger partial charge in [-0.1, -0.05) is 31.5 Å². The van der Waals surface area contributed by atoms with Gasteiger partial charge in [-0.2, -0.15) is 0 Å². The van der Waals surface area contributed by atoms with E-state index in [1.165, 1.54) is 0 Å².